The van der Waals surface area contributed by atoms with E-state index in [9.17, 15) is 20.0 Å². The van der Waals surface area contributed by atoms with Gasteiger partial charge in [-0.2, -0.15) is 0 Å². The Bertz CT molecular complexity index is 811. The van der Waals surface area contributed by atoms with Crippen LogP contribution in [-0.2, 0) is 0 Å². The number of non-ortho nitro benzene ring substituents is 1. The molecule has 1 N–H and O–H groups in total. The standard InChI is InChI=1S/C15H12N2O4.C4H8.C2H6/c1-3-10(2)14-13(15(18)19)8-9-16(14)11-4-6-12(7-5-11)17(20)21;1-3-4-2;1-2/h3-9H,1-2H2,(H,18,19);3-4H,1-2H3;1-2H3/b;4-3-;. The van der Waals surface area contributed by atoms with E-state index in [-0.39, 0.29) is 11.3 Å². The summed E-state index contributed by atoms with van der Waals surface area (Å²) in [5.74, 6) is -1.08. The Morgan fingerprint density at radius 2 is 1.67 bits per heavy atom. The van der Waals surface area contributed by atoms with Gasteiger partial charge in [-0.25, -0.2) is 4.79 Å². The second kappa shape index (κ2) is 12.0. The summed E-state index contributed by atoms with van der Waals surface area (Å²) in [6.07, 6.45) is 7.04. The van der Waals surface area contributed by atoms with Crippen LogP contribution in [0.1, 0.15) is 43.7 Å². The van der Waals surface area contributed by atoms with Gasteiger partial charge in [-0.05, 0) is 37.6 Å². The van der Waals surface area contributed by atoms with Gasteiger partial charge in [0.25, 0.3) is 5.69 Å². The number of allylic oxidation sites excluding steroid dienone is 4. The summed E-state index contributed by atoms with van der Waals surface area (Å²) in [5, 5.41) is 19.9. The molecule has 0 aliphatic rings. The monoisotopic (exact) mass is 370 g/mol. The second-order valence-electron chi connectivity index (χ2n) is 4.92. The van der Waals surface area contributed by atoms with E-state index in [1.807, 2.05) is 39.8 Å². The predicted molar refractivity (Wildman–Crippen MR) is 110 cm³/mol. The number of nitro benzene ring substituents is 1. The molecule has 0 aliphatic carbocycles. The summed E-state index contributed by atoms with van der Waals surface area (Å²) in [6, 6.07) is 7.26. The number of carbonyl (C=O) groups is 1. The van der Waals surface area contributed by atoms with E-state index in [2.05, 4.69) is 13.2 Å². The van der Waals surface area contributed by atoms with Gasteiger partial charge in [0, 0.05) is 24.0 Å². The lowest BCUT2D eigenvalue weighted by molar-refractivity contribution is -0.384. The van der Waals surface area contributed by atoms with E-state index in [0.29, 0.717) is 17.0 Å². The Labute approximate surface area is 159 Å². The molecule has 0 atom stereocenters. The van der Waals surface area contributed by atoms with Crippen LogP contribution in [0.5, 0.6) is 0 Å². The highest BCUT2D eigenvalue weighted by Crippen LogP contribution is 2.25. The van der Waals surface area contributed by atoms with Crippen LogP contribution >= 0.6 is 0 Å². The number of aromatic nitrogens is 1. The largest absolute Gasteiger partial charge is 0.478 e. The highest BCUT2D eigenvalue weighted by atomic mass is 16.6. The lowest BCUT2D eigenvalue weighted by atomic mass is 10.1. The molecule has 144 valence electrons. The summed E-state index contributed by atoms with van der Waals surface area (Å²) in [7, 11) is 0. The van der Waals surface area contributed by atoms with Crippen LogP contribution < -0.4 is 0 Å². The predicted octanol–water partition coefficient (Wildman–Crippen LogP) is 5.89. The van der Waals surface area contributed by atoms with Gasteiger partial charge in [0.2, 0.25) is 0 Å². The fraction of sp³-hybridized carbons (Fsp3) is 0.190. The molecule has 1 aromatic carbocycles. The summed E-state index contributed by atoms with van der Waals surface area (Å²) < 4.78 is 1.61. The minimum Gasteiger partial charge on any atom is -0.478 e. The zero-order chi connectivity index (χ0) is 21.0. The second-order valence-corrected chi connectivity index (χ2v) is 4.92. The molecular formula is C21H26N2O4. The Morgan fingerprint density at radius 3 is 2.04 bits per heavy atom. The SMILES string of the molecule is C/C=C\C.C=CC(=C)c1c(C(=O)O)ccn1-c1ccc([N+](=O)[O-])cc1.CC. The Balaban J connectivity index is 0.000000998. The molecular weight excluding hydrogens is 344 g/mol. The Kier molecular flexibility index (Phi) is 10.5. The lowest BCUT2D eigenvalue weighted by Crippen LogP contribution is -2.04. The Morgan fingerprint density at radius 1 is 1.15 bits per heavy atom. The molecule has 6 nitrogen and oxygen atoms in total. The van der Waals surface area contributed by atoms with Crippen molar-refractivity contribution in [2.75, 3.05) is 0 Å². The van der Waals surface area contributed by atoms with Gasteiger partial charge in [-0.1, -0.05) is 45.2 Å². The quantitative estimate of drug-likeness (QED) is 0.308. The molecule has 0 radical (unpaired) electrons. The fourth-order valence-electron chi connectivity index (χ4n) is 1.98. The molecule has 0 spiro atoms. The first-order valence-electron chi connectivity index (χ1n) is 8.45. The van der Waals surface area contributed by atoms with Crippen LogP contribution in [0.2, 0.25) is 0 Å². The van der Waals surface area contributed by atoms with E-state index in [1.54, 1.807) is 22.9 Å². The number of hydrogen-bond acceptors (Lipinski definition) is 3. The maximum atomic E-state index is 11.3. The smallest absolute Gasteiger partial charge is 0.337 e. The van der Waals surface area contributed by atoms with Crippen molar-refractivity contribution in [3.8, 4) is 5.69 Å². The molecule has 0 amide bonds. The Hall–Kier alpha value is -3.41. The van der Waals surface area contributed by atoms with Crippen molar-refractivity contribution in [1.82, 2.24) is 4.57 Å². The molecule has 0 saturated carbocycles. The average molecular weight is 370 g/mol. The van der Waals surface area contributed by atoms with E-state index in [4.69, 9.17) is 0 Å². The average Bonchev–Trinajstić information content (AvgIpc) is 3.14. The maximum absolute atomic E-state index is 11.3. The van der Waals surface area contributed by atoms with Gasteiger partial charge in [0.15, 0.2) is 0 Å². The number of carboxylic acid groups (broad SMARTS) is 1. The van der Waals surface area contributed by atoms with Crippen molar-refractivity contribution in [2.45, 2.75) is 27.7 Å². The normalized spacial score (nSPS) is 9.48. The molecule has 0 fully saturated rings. The van der Waals surface area contributed by atoms with Gasteiger partial charge >= 0.3 is 5.97 Å². The van der Waals surface area contributed by atoms with Crippen molar-refractivity contribution in [1.29, 1.82) is 0 Å². The topological polar surface area (TPSA) is 85.4 Å². The van der Waals surface area contributed by atoms with Gasteiger partial charge in [-0.3, -0.25) is 10.1 Å². The summed E-state index contributed by atoms with van der Waals surface area (Å²) >= 11 is 0. The highest BCUT2D eigenvalue weighted by Gasteiger charge is 2.17. The van der Waals surface area contributed by atoms with Crippen molar-refractivity contribution < 1.29 is 14.8 Å². The minimum atomic E-state index is -1.08. The number of rotatable bonds is 5. The third kappa shape index (κ3) is 6.43. The van der Waals surface area contributed by atoms with Crippen molar-refractivity contribution in [3.63, 3.8) is 0 Å². The minimum absolute atomic E-state index is 0.0338. The number of aromatic carboxylic acids is 1. The number of nitro groups is 1. The molecule has 2 rings (SSSR count). The third-order valence-electron chi connectivity index (χ3n) is 3.34. The van der Waals surface area contributed by atoms with Crippen molar-refractivity contribution >= 4 is 17.2 Å². The number of carboxylic acids is 1. The zero-order valence-electron chi connectivity index (χ0n) is 16.2. The van der Waals surface area contributed by atoms with E-state index in [1.165, 1.54) is 24.3 Å². The number of hydrogen-bond donors (Lipinski definition) is 1. The van der Waals surface area contributed by atoms with Gasteiger partial charge in [0.1, 0.15) is 0 Å². The van der Waals surface area contributed by atoms with Crippen molar-refractivity contribution in [2.24, 2.45) is 0 Å². The van der Waals surface area contributed by atoms with Crippen LogP contribution in [0, 0.1) is 10.1 Å². The molecule has 1 heterocycles. The van der Waals surface area contributed by atoms with Crippen LogP contribution in [0.15, 0.2) is 67.9 Å². The molecule has 2 aromatic rings. The first kappa shape index (κ1) is 23.6. The van der Waals surface area contributed by atoms with Crippen molar-refractivity contribution in [3.05, 3.63) is 89.3 Å². The van der Waals surface area contributed by atoms with Crippen LogP contribution in [0.4, 0.5) is 5.69 Å². The van der Waals surface area contributed by atoms with Gasteiger partial charge in [0.05, 0.1) is 16.2 Å². The maximum Gasteiger partial charge on any atom is 0.337 e. The van der Waals surface area contributed by atoms with Gasteiger partial charge in [-0.15, -0.1) is 0 Å². The van der Waals surface area contributed by atoms with Gasteiger partial charge < -0.3 is 9.67 Å². The highest BCUT2D eigenvalue weighted by molar-refractivity contribution is 5.95. The lowest BCUT2D eigenvalue weighted by Gasteiger charge is -2.10. The number of nitrogens with zero attached hydrogens (tertiary/aromatic N) is 2. The summed E-state index contributed by atoms with van der Waals surface area (Å²) in [6.45, 7) is 15.4. The first-order valence-corrected chi connectivity index (χ1v) is 8.45. The molecule has 0 saturated heterocycles. The van der Waals surface area contributed by atoms with E-state index < -0.39 is 10.9 Å². The summed E-state index contributed by atoms with van der Waals surface area (Å²) in [5.41, 5.74) is 1.51. The van der Waals surface area contributed by atoms with Crippen LogP contribution in [-0.4, -0.2) is 20.6 Å². The number of benzene rings is 1. The molecule has 0 aliphatic heterocycles. The molecule has 1 aromatic heterocycles. The van der Waals surface area contributed by atoms with E-state index in [0.717, 1.165) is 0 Å². The molecule has 27 heavy (non-hydrogen) atoms. The molecule has 0 unspecified atom stereocenters. The fourth-order valence-corrected chi connectivity index (χ4v) is 1.98. The molecule has 6 heteroatoms. The van der Waals surface area contributed by atoms with Crippen LogP contribution in [0.25, 0.3) is 11.3 Å². The third-order valence-corrected chi connectivity index (χ3v) is 3.34. The van der Waals surface area contributed by atoms with E-state index >= 15 is 0 Å². The first-order chi connectivity index (χ1) is 12.9. The zero-order valence-corrected chi connectivity index (χ0v) is 16.2. The van der Waals surface area contributed by atoms with Crippen LogP contribution in [0.3, 0.4) is 0 Å². The summed E-state index contributed by atoms with van der Waals surface area (Å²) in [4.78, 5) is 21.4. The molecule has 0 bridgehead atoms.